The number of hydrogen-bond acceptors (Lipinski definition) is 4. The SMILES string of the molecule is CCS(=O)(=O)N1CCC(N(C)C(=O)Nc2ccc(-c3ccccc3)nc2)CC1. The molecule has 2 aromatic rings. The zero-order chi connectivity index (χ0) is 20.1. The van der Waals surface area contributed by atoms with Gasteiger partial charge in [-0.25, -0.2) is 17.5 Å². The van der Waals surface area contributed by atoms with Crippen molar-refractivity contribution in [2.75, 3.05) is 31.2 Å². The number of sulfonamides is 1. The molecule has 0 saturated carbocycles. The highest BCUT2D eigenvalue weighted by molar-refractivity contribution is 7.89. The second kappa shape index (κ2) is 8.70. The molecule has 3 rings (SSSR count). The first kappa shape index (κ1) is 20.3. The Morgan fingerprint density at radius 3 is 2.43 bits per heavy atom. The van der Waals surface area contributed by atoms with E-state index in [0.717, 1.165) is 11.3 Å². The topological polar surface area (TPSA) is 82.6 Å². The van der Waals surface area contributed by atoms with Crippen LogP contribution in [0.3, 0.4) is 0 Å². The van der Waals surface area contributed by atoms with Crippen LogP contribution in [0.15, 0.2) is 48.7 Å². The van der Waals surface area contributed by atoms with E-state index in [1.54, 1.807) is 25.1 Å². The van der Waals surface area contributed by atoms with Gasteiger partial charge in [0.25, 0.3) is 0 Å². The Labute approximate surface area is 166 Å². The van der Waals surface area contributed by atoms with Gasteiger partial charge in [-0.3, -0.25) is 4.98 Å². The van der Waals surface area contributed by atoms with Crippen molar-refractivity contribution in [3.8, 4) is 11.3 Å². The molecule has 0 spiro atoms. The minimum atomic E-state index is -3.16. The smallest absolute Gasteiger partial charge is 0.321 e. The molecule has 1 aliphatic rings. The van der Waals surface area contributed by atoms with Crippen molar-refractivity contribution in [1.29, 1.82) is 0 Å². The third-order valence-corrected chi connectivity index (χ3v) is 7.02. The number of carbonyl (C=O) groups excluding carboxylic acids is 1. The maximum absolute atomic E-state index is 12.6. The van der Waals surface area contributed by atoms with E-state index in [2.05, 4.69) is 10.3 Å². The Kier molecular flexibility index (Phi) is 6.31. The van der Waals surface area contributed by atoms with E-state index in [-0.39, 0.29) is 17.8 Å². The van der Waals surface area contributed by atoms with Crippen molar-refractivity contribution in [3.05, 3.63) is 48.7 Å². The van der Waals surface area contributed by atoms with Crippen LogP contribution < -0.4 is 5.32 Å². The number of anilines is 1. The zero-order valence-electron chi connectivity index (χ0n) is 16.2. The van der Waals surface area contributed by atoms with E-state index in [9.17, 15) is 13.2 Å². The summed E-state index contributed by atoms with van der Waals surface area (Å²) < 4.78 is 25.4. The fourth-order valence-electron chi connectivity index (χ4n) is 3.32. The van der Waals surface area contributed by atoms with E-state index in [0.29, 0.717) is 31.6 Å². The van der Waals surface area contributed by atoms with Crippen molar-refractivity contribution in [2.24, 2.45) is 0 Å². The monoisotopic (exact) mass is 402 g/mol. The highest BCUT2D eigenvalue weighted by Gasteiger charge is 2.30. The molecule has 0 radical (unpaired) electrons. The fourth-order valence-corrected chi connectivity index (χ4v) is 4.45. The average molecular weight is 403 g/mol. The van der Waals surface area contributed by atoms with Crippen LogP contribution in [-0.2, 0) is 10.0 Å². The van der Waals surface area contributed by atoms with Gasteiger partial charge < -0.3 is 10.2 Å². The van der Waals surface area contributed by atoms with Gasteiger partial charge in [-0.15, -0.1) is 0 Å². The van der Waals surface area contributed by atoms with E-state index in [1.165, 1.54) is 4.31 Å². The largest absolute Gasteiger partial charge is 0.325 e. The Morgan fingerprint density at radius 1 is 1.18 bits per heavy atom. The number of nitrogens with one attached hydrogen (secondary N) is 1. The number of carbonyl (C=O) groups is 1. The number of urea groups is 1. The van der Waals surface area contributed by atoms with Crippen molar-refractivity contribution in [1.82, 2.24) is 14.2 Å². The molecule has 1 aromatic carbocycles. The molecule has 0 bridgehead atoms. The normalized spacial score (nSPS) is 15.9. The predicted octanol–water partition coefficient (Wildman–Crippen LogP) is 3.03. The standard InChI is InChI=1S/C20H26N4O3S/c1-3-28(26,27)24-13-11-18(12-14-24)23(2)20(25)22-17-9-10-19(21-15-17)16-7-5-4-6-8-16/h4-10,15,18H,3,11-14H2,1-2H3,(H,22,25). The maximum Gasteiger partial charge on any atom is 0.321 e. The van der Waals surface area contributed by atoms with E-state index in [4.69, 9.17) is 0 Å². The summed E-state index contributed by atoms with van der Waals surface area (Å²) in [6.45, 7) is 2.55. The summed E-state index contributed by atoms with van der Waals surface area (Å²) in [5.41, 5.74) is 2.49. The molecular formula is C20H26N4O3S. The van der Waals surface area contributed by atoms with Gasteiger partial charge in [0, 0.05) is 31.7 Å². The molecule has 0 atom stereocenters. The van der Waals surface area contributed by atoms with Gasteiger partial charge in [-0.05, 0) is 31.9 Å². The fraction of sp³-hybridized carbons (Fsp3) is 0.400. The number of amides is 2. The van der Waals surface area contributed by atoms with E-state index < -0.39 is 10.0 Å². The molecule has 8 heteroatoms. The maximum atomic E-state index is 12.6. The summed E-state index contributed by atoms with van der Waals surface area (Å²) in [5, 5.41) is 2.86. The Hall–Kier alpha value is -2.45. The van der Waals surface area contributed by atoms with Gasteiger partial charge in [-0.1, -0.05) is 30.3 Å². The summed E-state index contributed by atoms with van der Waals surface area (Å²) in [6, 6.07) is 13.3. The van der Waals surface area contributed by atoms with Crippen LogP contribution in [0.25, 0.3) is 11.3 Å². The third-order valence-electron chi connectivity index (χ3n) is 5.13. The van der Waals surface area contributed by atoms with Crippen LogP contribution in [0.2, 0.25) is 0 Å². The first-order chi connectivity index (χ1) is 13.4. The van der Waals surface area contributed by atoms with Crippen LogP contribution in [-0.4, -0.2) is 60.6 Å². The summed E-state index contributed by atoms with van der Waals surface area (Å²) in [7, 11) is -1.41. The van der Waals surface area contributed by atoms with Crippen molar-refractivity contribution >= 4 is 21.7 Å². The molecule has 7 nitrogen and oxygen atoms in total. The molecule has 1 fully saturated rings. The molecule has 28 heavy (non-hydrogen) atoms. The highest BCUT2D eigenvalue weighted by atomic mass is 32.2. The lowest BCUT2D eigenvalue weighted by Gasteiger charge is -2.35. The number of pyridine rings is 1. The number of benzene rings is 1. The van der Waals surface area contributed by atoms with E-state index >= 15 is 0 Å². The summed E-state index contributed by atoms with van der Waals surface area (Å²) in [4.78, 5) is 18.6. The molecular weight excluding hydrogens is 376 g/mol. The average Bonchev–Trinajstić information content (AvgIpc) is 2.74. The first-order valence-corrected chi connectivity index (χ1v) is 11.0. The Morgan fingerprint density at radius 2 is 1.86 bits per heavy atom. The number of aromatic nitrogens is 1. The molecule has 0 aliphatic carbocycles. The molecule has 2 heterocycles. The number of hydrogen-bond donors (Lipinski definition) is 1. The minimum Gasteiger partial charge on any atom is -0.325 e. The van der Waals surface area contributed by atoms with Crippen molar-refractivity contribution < 1.29 is 13.2 Å². The van der Waals surface area contributed by atoms with Gasteiger partial charge >= 0.3 is 6.03 Å². The number of nitrogens with zero attached hydrogens (tertiary/aromatic N) is 3. The van der Waals surface area contributed by atoms with Crippen molar-refractivity contribution in [2.45, 2.75) is 25.8 Å². The summed E-state index contributed by atoms with van der Waals surface area (Å²) >= 11 is 0. The van der Waals surface area contributed by atoms with Crippen LogP contribution in [0.5, 0.6) is 0 Å². The molecule has 1 aliphatic heterocycles. The summed E-state index contributed by atoms with van der Waals surface area (Å²) in [5.74, 6) is 0.111. The molecule has 150 valence electrons. The van der Waals surface area contributed by atoms with Crippen LogP contribution in [0, 0.1) is 0 Å². The molecule has 1 N–H and O–H groups in total. The number of piperidine rings is 1. The Balaban J connectivity index is 1.56. The zero-order valence-corrected chi connectivity index (χ0v) is 17.0. The predicted molar refractivity (Wildman–Crippen MR) is 111 cm³/mol. The minimum absolute atomic E-state index is 0.0138. The lowest BCUT2D eigenvalue weighted by atomic mass is 10.1. The molecule has 0 unspecified atom stereocenters. The second-order valence-corrected chi connectivity index (χ2v) is 9.13. The second-order valence-electron chi connectivity index (χ2n) is 6.87. The van der Waals surface area contributed by atoms with Gasteiger partial charge in [0.2, 0.25) is 10.0 Å². The Bertz CT molecular complexity index is 893. The van der Waals surface area contributed by atoms with Gasteiger partial charge in [-0.2, -0.15) is 0 Å². The third kappa shape index (κ3) is 4.69. The van der Waals surface area contributed by atoms with E-state index in [1.807, 2.05) is 42.5 Å². The molecule has 1 aromatic heterocycles. The van der Waals surface area contributed by atoms with Crippen LogP contribution >= 0.6 is 0 Å². The van der Waals surface area contributed by atoms with Gasteiger partial charge in [0.1, 0.15) is 0 Å². The quantitative estimate of drug-likeness (QED) is 0.833. The van der Waals surface area contributed by atoms with Crippen LogP contribution in [0.1, 0.15) is 19.8 Å². The van der Waals surface area contributed by atoms with Gasteiger partial charge in [0.15, 0.2) is 0 Å². The summed E-state index contributed by atoms with van der Waals surface area (Å²) in [6.07, 6.45) is 2.91. The number of rotatable bonds is 5. The molecule has 1 saturated heterocycles. The molecule has 2 amide bonds. The highest BCUT2D eigenvalue weighted by Crippen LogP contribution is 2.21. The van der Waals surface area contributed by atoms with Gasteiger partial charge in [0.05, 0.1) is 23.3 Å². The van der Waals surface area contributed by atoms with Crippen molar-refractivity contribution in [3.63, 3.8) is 0 Å². The van der Waals surface area contributed by atoms with Crippen LogP contribution in [0.4, 0.5) is 10.5 Å². The lowest BCUT2D eigenvalue weighted by Crippen LogP contribution is -2.48. The lowest BCUT2D eigenvalue weighted by molar-refractivity contribution is 0.174. The first-order valence-electron chi connectivity index (χ1n) is 9.44.